The average Bonchev–Trinajstić information content (AvgIpc) is 3.12. The van der Waals surface area contributed by atoms with Gasteiger partial charge in [-0.3, -0.25) is 4.79 Å². The lowest BCUT2D eigenvalue weighted by atomic mass is 10.3. The lowest BCUT2D eigenvalue weighted by Crippen LogP contribution is -2.50. The fourth-order valence-corrected chi connectivity index (χ4v) is 5.04. The zero-order valence-electron chi connectivity index (χ0n) is 16.3. The van der Waals surface area contributed by atoms with E-state index in [-0.39, 0.29) is 42.7 Å². The number of carbonyl (C=O) groups is 1. The highest BCUT2D eigenvalue weighted by molar-refractivity contribution is 7.99. The summed E-state index contributed by atoms with van der Waals surface area (Å²) in [5, 5.41) is 3.74. The van der Waals surface area contributed by atoms with Crippen LogP contribution in [0.4, 0.5) is 13.2 Å². The van der Waals surface area contributed by atoms with Crippen molar-refractivity contribution in [3.63, 3.8) is 0 Å². The molecule has 2 heterocycles. The second-order valence-electron chi connectivity index (χ2n) is 6.53. The highest BCUT2D eigenvalue weighted by Crippen LogP contribution is 2.25. The first-order valence-electron chi connectivity index (χ1n) is 9.05. The Bertz CT molecular complexity index is 1000. The van der Waals surface area contributed by atoms with E-state index in [1.54, 1.807) is 11.8 Å². The van der Waals surface area contributed by atoms with E-state index in [0.717, 1.165) is 24.3 Å². The van der Waals surface area contributed by atoms with Gasteiger partial charge in [0.2, 0.25) is 21.8 Å². The van der Waals surface area contributed by atoms with Crippen LogP contribution in [0.15, 0.2) is 33.7 Å². The molecule has 0 aliphatic carbocycles. The summed E-state index contributed by atoms with van der Waals surface area (Å²) >= 11 is 1.33. The normalized spacial score (nSPS) is 15.8. The van der Waals surface area contributed by atoms with Gasteiger partial charge in [-0.1, -0.05) is 5.16 Å². The third kappa shape index (κ3) is 6.33. The summed E-state index contributed by atoms with van der Waals surface area (Å²) in [6.07, 6.45) is -4.86. The summed E-state index contributed by atoms with van der Waals surface area (Å²) < 4.78 is 72.0. The Hall–Kier alpha value is -2.32. The first-order valence-corrected chi connectivity index (χ1v) is 11.6. The molecule has 1 fully saturated rings. The van der Waals surface area contributed by atoms with Crippen LogP contribution in [0.5, 0.6) is 5.75 Å². The van der Waals surface area contributed by atoms with E-state index < -0.39 is 22.1 Å². The summed E-state index contributed by atoms with van der Waals surface area (Å²) in [6, 6.07) is 4.01. The fourth-order valence-electron chi connectivity index (χ4n) is 2.86. The van der Waals surface area contributed by atoms with Crippen molar-refractivity contribution in [2.45, 2.75) is 23.9 Å². The molecule has 1 aliphatic rings. The van der Waals surface area contributed by atoms with E-state index in [9.17, 15) is 26.4 Å². The predicted octanol–water partition coefficient (Wildman–Crippen LogP) is 2.04. The van der Waals surface area contributed by atoms with Gasteiger partial charge in [-0.05, 0) is 24.3 Å². The Morgan fingerprint density at radius 3 is 2.39 bits per heavy atom. The van der Waals surface area contributed by atoms with Crippen LogP contribution in [0.2, 0.25) is 0 Å². The predicted molar refractivity (Wildman–Crippen MR) is 104 cm³/mol. The number of alkyl halides is 3. The smallest absolute Gasteiger partial charge is 0.406 e. The van der Waals surface area contributed by atoms with Gasteiger partial charge in [0.25, 0.3) is 0 Å². The number of rotatable bonds is 7. The average molecular weight is 480 g/mol. The molecule has 14 heteroatoms. The van der Waals surface area contributed by atoms with E-state index in [1.165, 1.54) is 16.1 Å². The highest BCUT2D eigenvalue weighted by atomic mass is 32.2. The molecular weight excluding hydrogens is 461 g/mol. The van der Waals surface area contributed by atoms with E-state index in [0.29, 0.717) is 17.5 Å². The van der Waals surface area contributed by atoms with Crippen molar-refractivity contribution in [2.75, 3.05) is 31.9 Å². The number of hydrogen-bond acceptors (Lipinski definition) is 8. The Morgan fingerprint density at radius 1 is 1.19 bits per heavy atom. The van der Waals surface area contributed by atoms with Gasteiger partial charge in [-0.2, -0.15) is 9.29 Å². The number of aryl methyl sites for hydroxylation is 1. The molecule has 1 amide bonds. The number of thioether (sulfide) groups is 1. The number of amides is 1. The SMILES string of the molecule is Cc1nc(CSCC(=O)N2CCN(S(=O)(=O)c3ccc(OC(F)(F)F)cc3)CC2)no1. The molecular formula is C17H19F3N4O5S2. The minimum absolute atomic E-state index is 0.0869. The lowest BCUT2D eigenvalue weighted by molar-refractivity contribution is -0.274. The number of nitrogens with zero attached hydrogens (tertiary/aromatic N) is 4. The van der Waals surface area contributed by atoms with Crippen molar-refractivity contribution < 1.29 is 35.6 Å². The Labute approximate surface area is 180 Å². The maximum absolute atomic E-state index is 12.7. The number of hydrogen-bond donors (Lipinski definition) is 0. The lowest BCUT2D eigenvalue weighted by Gasteiger charge is -2.34. The zero-order chi connectivity index (χ0) is 22.6. The van der Waals surface area contributed by atoms with Crippen LogP contribution < -0.4 is 4.74 Å². The largest absolute Gasteiger partial charge is 0.573 e. The van der Waals surface area contributed by atoms with Crippen LogP contribution in [0.1, 0.15) is 11.7 Å². The van der Waals surface area contributed by atoms with Crippen LogP contribution in [0, 0.1) is 6.92 Å². The van der Waals surface area contributed by atoms with Crippen molar-refractivity contribution in [1.82, 2.24) is 19.3 Å². The number of aromatic nitrogens is 2. The Kier molecular flexibility index (Phi) is 7.11. The van der Waals surface area contributed by atoms with Gasteiger partial charge >= 0.3 is 6.36 Å². The van der Waals surface area contributed by atoms with Gasteiger partial charge in [0.15, 0.2) is 5.82 Å². The molecule has 31 heavy (non-hydrogen) atoms. The van der Waals surface area contributed by atoms with Crippen molar-refractivity contribution >= 4 is 27.7 Å². The number of piperazine rings is 1. The first kappa shape index (κ1) is 23.3. The maximum atomic E-state index is 12.7. The van der Waals surface area contributed by atoms with Crippen molar-refractivity contribution in [3.8, 4) is 5.75 Å². The van der Waals surface area contributed by atoms with E-state index in [4.69, 9.17) is 4.52 Å². The topological polar surface area (TPSA) is 106 Å². The van der Waals surface area contributed by atoms with Gasteiger partial charge < -0.3 is 14.2 Å². The molecule has 0 bridgehead atoms. The summed E-state index contributed by atoms with van der Waals surface area (Å²) in [5.74, 6) is 0.929. The molecule has 3 rings (SSSR count). The summed E-state index contributed by atoms with van der Waals surface area (Å²) in [4.78, 5) is 17.8. The number of sulfonamides is 1. The third-order valence-corrected chi connectivity index (χ3v) is 7.14. The van der Waals surface area contributed by atoms with Gasteiger partial charge in [-0.15, -0.1) is 24.9 Å². The number of halogens is 3. The van der Waals surface area contributed by atoms with Gasteiger partial charge in [0.1, 0.15) is 5.75 Å². The molecule has 1 aromatic carbocycles. The fraction of sp³-hybridized carbons (Fsp3) is 0.471. The van der Waals surface area contributed by atoms with Crippen molar-refractivity contribution in [3.05, 3.63) is 36.0 Å². The van der Waals surface area contributed by atoms with Gasteiger partial charge in [0.05, 0.1) is 16.4 Å². The quantitative estimate of drug-likeness (QED) is 0.593. The Balaban J connectivity index is 1.50. The minimum atomic E-state index is -4.86. The second kappa shape index (κ2) is 9.44. The summed E-state index contributed by atoms with van der Waals surface area (Å²) in [6.45, 7) is 2.28. The molecule has 0 atom stereocenters. The standard InChI is InChI=1S/C17H19F3N4O5S2/c1-12-21-15(22-29-12)10-30-11-16(25)23-6-8-24(9-7-23)31(26,27)14-4-2-13(3-5-14)28-17(18,19)20/h2-5H,6-11H2,1H3. The van der Waals surface area contributed by atoms with Crippen LogP contribution in [-0.4, -0.2) is 72.0 Å². The highest BCUT2D eigenvalue weighted by Gasteiger charge is 2.32. The van der Waals surface area contributed by atoms with Crippen LogP contribution in [0.3, 0.4) is 0 Å². The van der Waals surface area contributed by atoms with Crippen LogP contribution in [-0.2, 0) is 20.6 Å². The first-order chi connectivity index (χ1) is 14.5. The molecule has 9 nitrogen and oxygen atoms in total. The number of ether oxygens (including phenoxy) is 1. The second-order valence-corrected chi connectivity index (χ2v) is 9.45. The molecule has 1 aromatic heterocycles. The van der Waals surface area contributed by atoms with Gasteiger partial charge in [-0.25, -0.2) is 8.42 Å². The monoisotopic (exact) mass is 480 g/mol. The summed E-state index contributed by atoms with van der Waals surface area (Å²) in [5.41, 5.74) is 0. The third-order valence-electron chi connectivity index (χ3n) is 4.31. The molecule has 1 aliphatic heterocycles. The maximum Gasteiger partial charge on any atom is 0.573 e. The molecule has 0 spiro atoms. The minimum Gasteiger partial charge on any atom is -0.406 e. The van der Waals surface area contributed by atoms with E-state index in [2.05, 4.69) is 14.9 Å². The molecule has 170 valence electrons. The molecule has 1 saturated heterocycles. The molecule has 0 saturated carbocycles. The molecule has 0 N–H and O–H groups in total. The van der Waals surface area contributed by atoms with E-state index in [1.807, 2.05) is 0 Å². The molecule has 0 unspecified atom stereocenters. The van der Waals surface area contributed by atoms with Crippen LogP contribution in [0.25, 0.3) is 0 Å². The van der Waals surface area contributed by atoms with Gasteiger partial charge in [0, 0.05) is 33.1 Å². The molecule has 0 radical (unpaired) electrons. The molecule has 2 aromatic rings. The van der Waals surface area contributed by atoms with Crippen molar-refractivity contribution in [1.29, 1.82) is 0 Å². The summed E-state index contributed by atoms with van der Waals surface area (Å²) in [7, 11) is -3.90. The van der Waals surface area contributed by atoms with E-state index >= 15 is 0 Å². The van der Waals surface area contributed by atoms with Crippen molar-refractivity contribution in [2.24, 2.45) is 0 Å². The Morgan fingerprint density at radius 2 is 1.84 bits per heavy atom. The zero-order valence-corrected chi connectivity index (χ0v) is 18.0. The van der Waals surface area contributed by atoms with Crippen LogP contribution >= 0.6 is 11.8 Å². The number of benzene rings is 1. The number of carbonyl (C=O) groups excluding carboxylic acids is 1.